The lowest BCUT2D eigenvalue weighted by atomic mass is 9.99. The number of ether oxygens (including phenoxy) is 2. The van der Waals surface area contributed by atoms with Gasteiger partial charge in [-0.25, -0.2) is 9.78 Å². The van der Waals surface area contributed by atoms with Crippen molar-refractivity contribution in [1.29, 1.82) is 0 Å². The van der Waals surface area contributed by atoms with Gasteiger partial charge in [0.05, 0.1) is 32.0 Å². The summed E-state index contributed by atoms with van der Waals surface area (Å²) in [5.41, 5.74) is 7.94. The van der Waals surface area contributed by atoms with Crippen LogP contribution in [0.1, 0.15) is 23.6 Å². The molecule has 168 valence electrons. The minimum absolute atomic E-state index is 0.124. The topological polar surface area (TPSA) is 98.2 Å². The van der Waals surface area contributed by atoms with Gasteiger partial charge in [-0.05, 0) is 30.4 Å². The van der Waals surface area contributed by atoms with Gasteiger partial charge in [-0.3, -0.25) is 9.78 Å². The molecule has 4 heterocycles. The third-order valence-electron chi connectivity index (χ3n) is 6.67. The quantitative estimate of drug-likeness (QED) is 0.516. The van der Waals surface area contributed by atoms with Crippen LogP contribution in [0.2, 0.25) is 0 Å². The zero-order valence-corrected chi connectivity index (χ0v) is 18.5. The van der Waals surface area contributed by atoms with Crippen molar-refractivity contribution in [1.82, 2.24) is 29.9 Å². The Kier molecular flexibility index (Phi) is 4.56. The largest absolute Gasteiger partial charge is 0.494 e. The highest BCUT2D eigenvalue weighted by Gasteiger charge is 2.33. The first-order valence-electron chi connectivity index (χ1n) is 11.1. The normalized spacial score (nSPS) is 15.5. The molecule has 4 aromatic rings. The SMILES string of the molecule is COC(=O)N1CC(n2cc(-c3n[nH]c4cc(OC)c(-c5cccc6c5CCC6)nc34)cn2)C1. The van der Waals surface area contributed by atoms with Gasteiger partial charge in [-0.15, -0.1) is 0 Å². The number of H-pyrrole nitrogens is 1. The van der Waals surface area contributed by atoms with Crippen molar-refractivity contribution in [2.75, 3.05) is 27.3 Å². The highest BCUT2D eigenvalue weighted by Crippen LogP contribution is 2.38. The van der Waals surface area contributed by atoms with E-state index in [1.807, 2.05) is 16.9 Å². The second kappa shape index (κ2) is 7.61. The molecule has 3 aromatic heterocycles. The number of aromatic nitrogens is 5. The van der Waals surface area contributed by atoms with Gasteiger partial charge in [-0.1, -0.05) is 18.2 Å². The number of methoxy groups -OCH3 is 2. The zero-order chi connectivity index (χ0) is 22.5. The third-order valence-corrected chi connectivity index (χ3v) is 6.67. The molecule has 0 unspecified atom stereocenters. The molecular formula is C24H24N6O3. The number of carbonyl (C=O) groups is 1. The fourth-order valence-electron chi connectivity index (χ4n) is 4.88. The van der Waals surface area contributed by atoms with Gasteiger partial charge in [0.2, 0.25) is 0 Å². The van der Waals surface area contributed by atoms with Gasteiger partial charge in [0.25, 0.3) is 0 Å². The molecule has 33 heavy (non-hydrogen) atoms. The van der Waals surface area contributed by atoms with Crippen molar-refractivity contribution in [3.63, 3.8) is 0 Å². The lowest BCUT2D eigenvalue weighted by Crippen LogP contribution is -2.50. The smallest absolute Gasteiger partial charge is 0.409 e. The summed E-state index contributed by atoms with van der Waals surface area (Å²) in [7, 11) is 3.07. The van der Waals surface area contributed by atoms with Crippen molar-refractivity contribution in [2.45, 2.75) is 25.3 Å². The summed E-state index contributed by atoms with van der Waals surface area (Å²) in [4.78, 5) is 18.3. The number of fused-ring (bicyclic) bond motifs is 2. The van der Waals surface area contributed by atoms with E-state index < -0.39 is 0 Å². The minimum atomic E-state index is -0.310. The van der Waals surface area contributed by atoms with Crippen LogP contribution < -0.4 is 4.74 Å². The fourth-order valence-corrected chi connectivity index (χ4v) is 4.88. The van der Waals surface area contributed by atoms with Gasteiger partial charge in [-0.2, -0.15) is 10.2 Å². The van der Waals surface area contributed by atoms with Crippen molar-refractivity contribution in [3.8, 4) is 28.3 Å². The van der Waals surface area contributed by atoms with Crippen LogP contribution in [0.15, 0.2) is 36.7 Å². The van der Waals surface area contributed by atoms with E-state index in [-0.39, 0.29) is 12.1 Å². The Labute approximate surface area is 190 Å². The molecule has 6 rings (SSSR count). The van der Waals surface area contributed by atoms with E-state index in [9.17, 15) is 4.79 Å². The van der Waals surface area contributed by atoms with Crippen LogP contribution in [0.5, 0.6) is 5.75 Å². The van der Waals surface area contributed by atoms with Crippen LogP contribution in [0.25, 0.3) is 33.5 Å². The summed E-state index contributed by atoms with van der Waals surface area (Å²) in [5.74, 6) is 0.728. The fraction of sp³-hybridized carbons (Fsp3) is 0.333. The summed E-state index contributed by atoms with van der Waals surface area (Å²) >= 11 is 0. The number of aromatic amines is 1. The molecule has 1 amide bonds. The van der Waals surface area contributed by atoms with Crippen LogP contribution in [0, 0.1) is 0 Å². The highest BCUT2D eigenvalue weighted by molar-refractivity contribution is 5.92. The zero-order valence-electron chi connectivity index (χ0n) is 18.5. The van der Waals surface area contributed by atoms with Crippen LogP contribution >= 0.6 is 0 Å². The Morgan fingerprint density at radius 3 is 2.88 bits per heavy atom. The van der Waals surface area contributed by atoms with Crippen LogP contribution in [-0.2, 0) is 17.6 Å². The second-order valence-electron chi connectivity index (χ2n) is 8.54. The van der Waals surface area contributed by atoms with E-state index in [1.165, 1.54) is 24.7 Å². The number of hydrogen-bond donors (Lipinski definition) is 1. The average molecular weight is 444 g/mol. The molecule has 0 bridgehead atoms. The predicted molar refractivity (Wildman–Crippen MR) is 122 cm³/mol. The molecule has 2 aliphatic rings. The molecule has 1 N–H and O–H groups in total. The number of nitrogens with zero attached hydrogens (tertiary/aromatic N) is 5. The molecule has 0 saturated carbocycles. The van der Waals surface area contributed by atoms with Gasteiger partial charge in [0, 0.05) is 36.5 Å². The first kappa shape index (κ1) is 19.8. The average Bonchev–Trinajstić information content (AvgIpc) is 3.55. The maximum atomic E-state index is 11.6. The van der Waals surface area contributed by atoms with Crippen LogP contribution in [0.4, 0.5) is 4.79 Å². The Bertz CT molecular complexity index is 1370. The molecular weight excluding hydrogens is 420 g/mol. The van der Waals surface area contributed by atoms with E-state index >= 15 is 0 Å². The van der Waals surface area contributed by atoms with E-state index in [1.54, 1.807) is 18.2 Å². The molecule has 0 atom stereocenters. The van der Waals surface area contributed by atoms with Gasteiger partial charge in [0.1, 0.15) is 22.7 Å². The Morgan fingerprint density at radius 1 is 1.18 bits per heavy atom. The second-order valence-corrected chi connectivity index (χ2v) is 8.54. The van der Waals surface area contributed by atoms with Crippen molar-refractivity contribution < 1.29 is 14.3 Å². The number of carbonyl (C=O) groups excluding carboxylic acids is 1. The van der Waals surface area contributed by atoms with E-state index in [2.05, 4.69) is 33.5 Å². The number of pyridine rings is 1. The maximum Gasteiger partial charge on any atom is 0.409 e. The summed E-state index contributed by atoms with van der Waals surface area (Å²) < 4.78 is 12.4. The van der Waals surface area contributed by atoms with Crippen LogP contribution in [-0.4, -0.2) is 63.3 Å². The molecule has 9 heteroatoms. The monoisotopic (exact) mass is 444 g/mol. The summed E-state index contributed by atoms with van der Waals surface area (Å²) in [5, 5.41) is 12.1. The number of aryl methyl sites for hydroxylation is 1. The molecule has 1 aliphatic heterocycles. The first-order valence-corrected chi connectivity index (χ1v) is 11.1. The number of amides is 1. The van der Waals surface area contributed by atoms with E-state index in [0.717, 1.165) is 52.1 Å². The lowest BCUT2D eigenvalue weighted by Gasteiger charge is -2.37. The van der Waals surface area contributed by atoms with Crippen LogP contribution in [0.3, 0.4) is 0 Å². The molecule has 1 fully saturated rings. The third kappa shape index (κ3) is 3.14. The molecule has 1 aromatic carbocycles. The standard InChI is InChI=1S/C24H24N6O3/c1-32-20-9-19-23(26-22(20)18-8-4-6-14-5-3-7-17(14)18)21(28-27-19)15-10-25-30(11-15)16-12-29(13-16)24(31)33-2/h4,6,8-11,16H,3,5,7,12-13H2,1-2H3,(H,27,28). The summed E-state index contributed by atoms with van der Waals surface area (Å²) in [6, 6.07) is 8.52. The van der Waals surface area contributed by atoms with Crippen molar-refractivity contribution in [2.24, 2.45) is 0 Å². The highest BCUT2D eigenvalue weighted by atomic mass is 16.5. The maximum absolute atomic E-state index is 11.6. The van der Waals surface area contributed by atoms with Gasteiger partial charge >= 0.3 is 6.09 Å². The summed E-state index contributed by atoms with van der Waals surface area (Å²) in [6.07, 6.45) is 6.78. The molecule has 1 saturated heterocycles. The molecule has 1 aliphatic carbocycles. The number of likely N-dealkylation sites (tertiary alicyclic amines) is 1. The molecule has 0 radical (unpaired) electrons. The Balaban J connectivity index is 1.37. The van der Waals surface area contributed by atoms with Crippen molar-refractivity contribution in [3.05, 3.63) is 47.8 Å². The lowest BCUT2D eigenvalue weighted by molar-refractivity contribution is 0.0675. The minimum Gasteiger partial charge on any atom is -0.494 e. The van der Waals surface area contributed by atoms with Gasteiger partial charge < -0.3 is 14.4 Å². The van der Waals surface area contributed by atoms with Gasteiger partial charge in [0.15, 0.2) is 0 Å². The van der Waals surface area contributed by atoms with E-state index in [4.69, 9.17) is 14.5 Å². The number of hydrogen-bond acceptors (Lipinski definition) is 6. The number of rotatable bonds is 4. The number of nitrogens with one attached hydrogen (secondary N) is 1. The van der Waals surface area contributed by atoms with E-state index in [0.29, 0.717) is 13.1 Å². The number of benzene rings is 1. The van der Waals surface area contributed by atoms with Crippen molar-refractivity contribution >= 4 is 17.1 Å². The Morgan fingerprint density at radius 2 is 2.06 bits per heavy atom. The predicted octanol–water partition coefficient (Wildman–Crippen LogP) is 3.61. The first-order chi connectivity index (χ1) is 16.2. The molecule has 0 spiro atoms. The Hall–Kier alpha value is -3.88. The molecule has 9 nitrogen and oxygen atoms in total. The summed E-state index contributed by atoms with van der Waals surface area (Å²) in [6.45, 7) is 1.15.